The molecular formula is C31H28F6N6O3S. The van der Waals surface area contributed by atoms with E-state index in [0.29, 0.717) is 43.3 Å². The fourth-order valence-corrected chi connectivity index (χ4v) is 8.14. The number of aliphatic hydroxyl groups is 1. The molecule has 0 bridgehead atoms. The molecule has 248 valence electrons. The van der Waals surface area contributed by atoms with Crippen molar-refractivity contribution in [3.8, 4) is 29.1 Å². The molecule has 0 radical (unpaired) electrons. The van der Waals surface area contributed by atoms with Gasteiger partial charge in [-0.3, -0.25) is 4.90 Å². The highest BCUT2D eigenvalue weighted by molar-refractivity contribution is 7.23. The van der Waals surface area contributed by atoms with Crippen LogP contribution in [0.4, 0.5) is 31.3 Å². The van der Waals surface area contributed by atoms with Gasteiger partial charge in [-0.15, -0.1) is 11.3 Å². The summed E-state index contributed by atoms with van der Waals surface area (Å²) >= 11 is 0.666. The van der Waals surface area contributed by atoms with Crippen molar-refractivity contribution in [1.29, 1.82) is 5.26 Å². The molecule has 5 heterocycles. The minimum atomic E-state index is -5.13. The largest absolute Gasteiger partial charge is 0.472 e. The van der Waals surface area contributed by atoms with Crippen LogP contribution in [0, 0.1) is 23.0 Å². The molecule has 7 rings (SSSR count). The molecule has 3 saturated heterocycles. The van der Waals surface area contributed by atoms with Crippen LogP contribution < -0.4 is 20.5 Å². The second-order valence-corrected chi connectivity index (χ2v) is 13.2. The molecule has 3 aliphatic rings. The Bertz CT molecular complexity index is 1930. The van der Waals surface area contributed by atoms with E-state index in [-0.39, 0.29) is 46.8 Å². The van der Waals surface area contributed by atoms with E-state index in [4.69, 9.17) is 15.2 Å². The first-order valence-corrected chi connectivity index (χ1v) is 15.8. The topological polar surface area (TPSA) is 130 Å². The number of thiophene rings is 1. The van der Waals surface area contributed by atoms with Crippen LogP contribution in [0.2, 0.25) is 0 Å². The van der Waals surface area contributed by atoms with Gasteiger partial charge in [0.05, 0.1) is 39.4 Å². The van der Waals surface area contributed by atoms with Crippen LogP contribution in [-0.2, 0) is 6.18 Å². The summed E-state index contributed by atoms with van der Waals surface area (Å²) in [7, 11) is 0. The average molecular weight is 679 g/mol. The molecule has 2 aromatic carbocycles. The number of alkyl halides is 4. The molecule has 3 aliphatic heterocycles. The normalized spacial score (nSPS) is 24.7. The van der Waals surface area contributed by atoms with Gasteiger partial charge in [-0.1, -0.05) is 6.07 Å². The van der Waals surface area contributed by atoms with Gasteiger partial charge in [-0.05, 0) is 50.0 Å². The van der Waals surface area contributed by atoms with Crippen LogP contribution in [0.25, 0.3) is 32.1 Å². The van der Waals surface area contributed by atoms with Gasteiger partial charge in [-0.25, -0.2) is 13.2 Å². The Labute approximate surface area is 267 Å². The number of aliphatic hydroxyl groups excluding tert-OH is 1. The second-order valence-electron chi connectivity index (χ2n) is 12.1. The fraction of sp³-hybridized carbons (Fsp3) is 0.452. The van der Waals surface area contributed by atoms with Crippen LogP contribution in [0.5, 0.6) is 11.9 Å². The summed E-state index contributed by atoms with van der Waals surface area (Å²) in [6, 6.07) is 3.34. The Morgan fingerprint density at radius 2 is 2.06 bits per heavy atom. The van der Waals surface area contributed by atoms with E-state index >= 15 is 4.39 Å². The lowest BCUT2D eigenvalue weighted by molar-refractivity contribution is -0.137. The van der Waals surface area contributed by atoms with Crippen molar-refractivity contribution >= 4 is 37.3 Å². The van der Waals surface area contributed by atoms with Crippen LogP contribution in [0.3, 0.4) is 0 Å². The maximum atomic E-state index is 16.8. The molecule has 2 aromatic heterocycles. The lowest BCUT2D eigenvalue weighted by atomic mass is 9.92. The highest BCUT2D eigenvalue weighted by Crippen LogP contribution is 2.48. The van der Waals surface area contributed by atoms with Gasteiger partial charge in [0.25, 0.3) is 0 Å². The zero-order valence-electron chi connectivity index (χ0n) is 24.6. The Balaban J connectivity index is 1.44. The minimum absolute atomic E-state index is 0.0456. The molecule has 0 amide bonds. The maximum absolute atomic E-state index is 16.8. The number of rotatable bonds is 7. The number of halogens is 6. The number of nitriles is 1. The van der Waals surface area contributed by atoms with Gasteiger partial charge in [-0.2, -0.15) is 28.4 Å². The van der Waals surface area contributed by atoms with Crippen molar-refractivity contribution in [2.24, 2.45) is 0 Å². The van der Waals surface area contributed by atoms with Crippen LogP contribution in [0.1, 0.15) is 36.8 Å². The molecule has 4 aromatic rings. The Kier molecular flexibility index (Phi) is 7.85. The molecule has 3 fully saturated rings. The summed E-state index contributed by atoms with van der Waals surface area (Å²) < 4.78 is 102. The first kappa shape index (κ1) is 31.7. The molecule has 0 saturated carbocycles. The van der Waals surface area contributed by atoms with Gasteiger partial charge in [0.1, 0.15) is 41.3 Å². The quantitative estimate of drug-likeness (QED) is 0.223. The number of nitrogens with zero attached hydrogens (tertiary/aromatic N) is 4. The van der Waals surface area contributed by atoms with Crippen molar-refractivity contribution < 1.29 is 40.9 Å². The number of hydrogen-bond acceptors (Lipinski definition) is 10. The Morgan fingerprint density at radius 3 is 2.81 bits per heavy atom. The van der Waals surface area contributed by atoms with Crippen molar-refractivity contribution in [3.63, 3.8) is 0 Å². The summed E-state index contributed by atoms with van der Waals surface area (Å²) in [6.45, 7) is 0.988. The second kappa shape index (κ2) is 11.7. The number of fused-ring (bicyclic) bond motifs is 3. The number of benzene rings is 2. The Hall–Kier alpha value is -3.91. The summed E-state index contributed by atoms with van der Waals surface area (Å²) in [5.74, 6) is -2.66. The standard InChI is InChI=1S/C31H28F6N6O3S/c32-14-9-30(5-1-7-43(30)11-14)13-45-29-41-25-16(28(42-29)46-21-4-6-40-20(21)12-44)8-18(31(35,36)37)23(24(25)34)15-2-3-19(33)26-22(15)17(10-38)27(39)47-26/h2-3,8,14,20-21,40,44H,1,4-7,9,11-13,39H2/t14-,20-,21-,30?/m1/s1. The van der Waals surface area contributed by atoms with Crippen LogP contribution >= 0.6 is 11.3 Å². The summed E-state index contributed by atoms with van der Waals surface area (Å²) in [6.07, 6.45) is -4.85. The zero-order valence-corrected chi connectivity index (χ0v) is 25.5. The van der Waals surface area contributed by atoms with Crippen molar-refractivity contribution in [3.05, 3.63) is 41.0 Å². The summed E-state index contributed by atoms with van der Waals surface area (Å²) in [5, 5.41) is 21.8. The van der Waals surface area contributed by atoms with E-state index in [1.807, 2.05) is 4.90 Å². The zero-order chi connectivity index (χ0) is 33.2. The number of nitrogens with two attached hydrogens (primary N) is 1. The smallest absolute Gasteiger partial charge is 0.417 e. The third-order valence-corrected chi connectivity index (χ3v) is 10.4. The predicted molar refractivity (Wildman–Crippen MR) is 161 cm³/mol. The highest BCUT2D eigenvalue weighted by Gasteiger charge is 2.49. The Morgan fingerprint density at radius 1 is 1.26 bits per heavy atom. The van der Waals surface area contributed by atoms with E-state index in [9.17, 15) is 32.3 Å². The summed E-state index contributed by atoms with van der Waals surface area (Å²) in [5.41, 5.74) is 1.62. The molecule has 47 heavy (non-hydrogen) atoms. The number of hydrogen-bond donors (Lipinski definition) is 3. The minimum Gasteiger partial charge on any atom is -0.472 e. The van der Waals surface area contributed by atoms with Crippen molar-refractivity contribution in [2.75, 3.05) is 38.6 Å². The van der Waals surface area contributed by atoms with Gasteiger partial charge in [0, 0.05) is 23.9 Å². The molecule has 9 nitrogen and oxygen atoms in total. The van der Waals surface area contributed by atoms with Gasteiger partial charge >= 0.3 is 12.2 Å². The SMILES string of the molecule is N#Cc1c(N)sc2c(F)ccc(-c3c(C(F)(F)F)cc4c(O[C@@H]5CCN[C@@H]5CO)nc(OCC56CCCN5C[C@H](F)C6)nc4c3F)c12. The molecule has 1 unspecified atom stereocenters. The lowest BCUT2D eigenvalue weighted by Gasteiger charge is -2.30. The number of anilines is 1. The first-order chi connectivity index (χ1) is 22.4. The van der Waals surface area contributed by atoms with Gasteiger partial charge in [0.2, 0.25) is 5.88 Å². The van der Waals surface area contributed by atoms with Crippen molar-refractivity contribution in [1.82, 2.24) is 20.2 Å². The molecular weight excluding hydrogens is 650 g/mol. The van der Waals surface area contributed by atoms with E-state index in [0.717, 1.165) is 18.6 Å². The van der Waals surface area contributed by atoms with Gasteiger partial charge in [0.15, 0.2) is 5.82 Å². The first-order valence-electron chi connectivity index (χ1n) is 15.0. The average Bonchev–Trinajstić information content (AvgIpc) is 3.78. The van der Waals surface area contributed by atoms with E-state index in [1.165, 1.54) is 0 Å². The van der Waals surface area contributed by atoms with E-state index < -0.39 is 81.2 Å². The molecule has 0 spiro atoms. The van der Waals surface area contributed by atoms with Gasteiger partial charge < -0.3 is 25.6 Å². The van der Waals surface area contributed by atoms with Crippen LogP contribution in [0.15, 0.2) is 18.2 Å². The fourth-order valence-electron chi connectivity index (χ4n) is 7.19. The monoisotopic (exact) mass is 678 g/mol. The lowest BCUT2D eigenvalue weighted by Crippen LogP contribution is -2.43. The molecule has 4 N–H and O–H groups in total. The third kappa shape index (κ3) is 5.29. The number of ether oxygens (including phenoxy) is 2. The number of aromatic nitrogens is 2. The van der Waals surface area contributed by atoms with E-state index in [2.05, 4.69) is 15.3 Å². The molecule has 4 atom stereocenters. The molecule has 16 heteroatoms. The highest BCUT2D eigenvalue weighted by atomic mass is 32.1. The summed E-state index contributed by atoms with van der Waals surface area (Å²) in [4.78, 5) is 10.5. The third-order valence-electron chi connectivity index (χ3n) is 9.35. The number of nitrogens with one attached hydrogen (secondary N) is 1. The molecule has 0 aliphatic carbocycles. The van der Waals surface area contributed by atoms with E-state index in [1.54, 1.807) is 6.07 Å². The predicted octanol–water partition coefficient (Wildman–Crippen LogP) is 5.32. The number of nitrogen functional groups attached to an aromatic ring is 1. The van der Waals surface area contributed by atoms with Crippen LogP contribution in [-0.4, -0.2) is 76.7 Å². The maximum Gasteiger partial charge on any atom is 0.417 e. The van der Waals surface area contributed by atoms with Crippen molar-refractivity contribution in [2.45, 2.75) is 55.7 Å².